The van der Waals surface area contributed by atoms with Crippen molar-refractivity contribution in [3.05, 3.63) is 87.2 Å². The number of aromatic nitrogens is 2. The molecule has 0 aliphatic heterocycles. The Hall–Kier alpha value is -2.59. The van der Waals surface area contributed by atoms with Crippen LogP contribution in [-0.2, 0) is 13.0 Å². The van der Waals surface area contributed by atoms with Gasteiger partial charge in [0, 0.05) is 0 Å². The van der Waals surface area contributed by atoms with Crippen LogP contribution in [0.2, 0.25) is 5.15 Å². The van der Waals surface area contributed by atoms with Crippen molar-refractivity contribution in [3.8, 4) is 0 Å². The third-order valence-corrected chi connectivity index (χ3v) is 5.80. The minimum atomic E-state index is -0.153. The summed E-state index contributed by atoms with van der Waals surface area (Å²) in [6.07, 6.45) is 3.08. The first-order valence-electron chi connectivity index (χ1n) is 9.70. The highest BCUT2D eigenvalue weighted by atomic mass is 35.5. The summed E-state index contributed by atoms with van der Waals surface area (Å²) in [7, 11) is 0. The van der Waals surface area contributed by atoms with Gasteiger partial charge in [-0.1, -0.05) is 65.7 Å². The van der Waals surface area contributed by atoms with Gasteiger partial charge in [0.15, 0.2) is 0 Å². The first-order valence-corrected chi connectivity index (χ1v) is 10.1. The summed E-state index contributed by atoms with van der Waals surface area (Å²) in [5.74, 6) is -0.153. The summed E-state index contributed by atoms with van der Waals surface area (Å²) in [4.78, 5) is 13.0. The first-order chi connectivity index (χ1) is 13.5. The van der Waals surface area contributed by atoms with Crippen LogP contribution in [0.4, 0.5) is 0 Å². The van der Waals surface area contributed by atoms with Gasteiger partial charge in [-0.2, -0.15) is 5.10 Å². The highest BCUT2D eigenvalue weighted by Crippen LogP contribution is 2.30. The van der Waals surface area contributed by atoms with Crippen LogP contribution in [0.3, 0.4) is 0 Å². The number of nitrogens with one attached hydrogen (secondary N) is 1. The van der Waals surface area contributed by atoms with Crippen molar-refractivity contribution in [3.63, 3.8) is 0 Å². The van der Waals surface area contributed by atoms with Crippen LogP contribution in [-0.4, -0.2) is 15.7 Å². The lowest BCUT2D eigenvalue weighted by molar-refractivity contribution is 0.0932. The van der Waals surface area contributed by atoms with Crippen LogP contribution in [0.5, 0.6) is 0 Å². The molecule has 5 heteroatoms. The molecule has 144 valence electrons. The Bertz CT molecular complexity index is 1010. The van der Waals surface area contributed by atoms with Gasteiger partial charge in [-0.05, 0) is 49.8 Å². The van der Waals surface area contributed by atoms with E-state index in [4.69, 9.17) is 11.6 Å². The Morgan fingerprint density at radius 2 is 1.93 bits per heavy atom. The maximum atomic E-state index is 13.0. The molecule has 0 bridgehead atoms. The summed E-state index contributed by atoms with van der Waals surface area (Å²) in [5, 5.41) is 8.08. The fraction of sp³-hybridized carbons (Fsp3) is 0.304. The van der Waals surface area contributed by atoms with E-state index >= 15 is 0 Å². The minimum Gasteiger partial charge on any atom is -0.345 e. The van der Waals surface area contributed by atoms with Gasteiger partial charge in [-0.15, -0.1) is 0 Å². The highest BCUT2D eigenvalue weighted by molar-refractivity contribution is 6.33. The molecule has 1 aliphatic carbocycles. The molecule has 1 atom stereocenters. The van der Waals surface area contributed by atoms with E-state index in [1.165, 1.54) is 16.7 Å². The second kappa shape index (κ2) is 7.80. The number of hydrogen-bond acceptors (Lipinski definition) is 2. The number of aryl methyl sites for hydroxylation is 3. The smallest absolute Gasteiger partial charge is 0.256 e. The van der Waals surface area contributed by atoms with E-state index in [0.29, 0.717) is 23.0 Å². The van der Waals surface area contributed by atoms with Crippen LogP contribution >= 0.6 is 11.6 Å². The molecule has 4 nitrogen and oxygen atoms in total. The molecule has 2 aromatic carbocycles. The van der Waals surface area contributed by atoms with Gasteiger partial charge >= 0.3 is 0 Å². The molecule has 0 radical (unpaired) electrons. The van der Waals surface area contributed by atoms with E-state index in [1.54, 1.807) is 4.68 Å². The average molecular weight is 394 g/mol. The molecule has 1 unspecified atom stereocenters. The predicted octanol–water partition coefficient (Wildman–Crippen LogP) is 5.01. The Balaban J connectivity index is 1.55. The second-order valence-electron chi connectivity index (χ2n) is 7.51. The van der Waals surface area contributed by atoms with Crippen LogP contribution < -0.4 is 5.32 Å². The van der Waals surface area contributed by atoms with Crippen LogP contribution in [0, 0.1) is 13.8 Å². The highest BCUT2D eigenvalue weighted by Gasteiger charge is 2.26. The summed E-state index contributed by atoms with van der Waals surface area (Å²) in [6, 6.07) is 16.6. The van der Waals surface area contributed by atoms with E-state index in [9.17, 15) is 4.79 Å². The lowest BCUT2D eigenvalue weighted by Gasteiger charge is -2.26. The summed E-state index contributed by atoms with van der Waals surface area (Å²) in [6.45, 7) is 4.43. The standard InChI is InChI=1S/C23H24ClN3O/c1-15-10-12-17(13-11-15)14-27-22(24)21(16(2)26-27)23(28)25-20-9-5-7-18-6-3-4-8-19(18)20/h3-4,6,8,10-13,20H,5,7,9,14H2,1-2H3,(H,25,28). The van der Waals surface area contributed by atoms with Gasteiger partial charge in [-0.25, -0.2) is 4.68 Å². The third kappa shape index (κ3) is 3.69. The quantitative estimate of drug-likeness (QED) is 0.677. The van der Waals surface area contributed by atoms with Crippen molar-refractivity contribution in [1.82, 2.24) is 15.1 Å². The molecule has 0 fully saturated rings. The lowest BCUT2D eigenvalue weighted by Crippen LogP contribution is -2.31. The van der Waals surface area contributed by atoms with Crippen LogP contribution in [0.1, 0.15) is 57.2 Å². The predicted molar refractivity (Wildman–Crippen MR) is 112 cm³/mol. The number of rotatable bonds is 4. The molecule has 1 aromatic heterocycles. The Labute approximate surface area is 170 Å². The van der Waals surface area contributed by atoms with Gasteiger partial charge in [0.25, 0.3) is 5.91 Å². The number of nitrogens with zero attached hydrogens (tertiary/aromatic N) is 2. The number of fused-ring (bicyclic) bond motifs is 1. The zero-order valence-electron chi connectivity index (χ0n) is 16.2. The molecule has 1 N–H and O–H groups in total. The minimum absolute atomic E-state index is 0.0216. The molecule has 28 heavy (non-hydrogen) atoms. The number of benzene rings is 2. The SMILES string of the molecule is Cc1ccc(Cn2nc(C)c(C(=O)NC3CCCc4ccccc43)c2Cl)cc1. The molecular weight excluding hydrogens is 370 g/mol. The maximum absolute atomic E-state index is 13.0. The average Bonchev–Trinajstić information content (AvgIpc) is 2.97. The number of carbonyl (C=O) groups excluding carboxylic acids is 1. The molecule has 3 aromatic rings. The van der Waals surface area contributed by atoms with Gasteiger partial charge in [-0.3, -0.25) is 4.79 Å². The number of hydrogen-bond donors (Lipinski definition) is 1. The van der Waals surface area contributed by atoms with Crippen molar-refractivity contribution in [1.29, 1.82) is 0 Å². The normalized spacial score (nSPS) is 15.9. The molecule has 1 amide bonds. The maximum Gasteiger partial charge on any atom is 0.256 e. The second-order valence-corrected chi connectivity index (χ2v) is 7.87. The fourth-order valence-corrected chi connectivity index (χ4v) is 4.24. The van der Waals surface area contributed by atoms with E-state index in [2.05, 4.69) is 59.8 Å². The molecular formula is C23H24ClN3O. The van der Waals surface area contributed by atoms with Crippen LogP contribution in [0.25, 0.3) is 0 Å². The number of carbonyl (C=O) groups is 1. The molecule has 0 spiro atoms. The molecule has 0 saturated carbocycles. The monoisotopic (exact) mass is 393 g/mol. The molecule has 0 saturated heterocycles. The summed E-state index contributed by atoms with van der Waals surface area (Å²) < 4.78 is 1.70. The Morgan fingerprint density at radius 3 is 2.71 bits per heavy atom. The van der Waals surface area contributed by atoms with E-state index in [0.717, 1.165) is 24.8 Å². The van der Waals surface area contributed by atoms with E-state index < -0.39 is 0 Å². The van der Waals surface area contributed by atoms with Crippen LogP contribution in [0.15, 0.2) is 48.5 Å². The van der Waals surface area contributed by atoms with Crippen molar-refractivity contribution in [2.75, 3.05) is 0 Å². The van der Waals surface area contributed by atoms with Gasteiger partial charge in [0.2, 0.25) is 0 Å². The Morgan fingerprint density at radius 1 is 1.18 bits per heavy atom. The molecule has 1 aliphatic rings. The van der Waals surface area contributed by atoms with Gasteiger partial charge in [0.05, 0.1) is 23.8 Å². The topological polar surface area (TPSA) is 46.9 Å². The van der Waals surface area contributed by atoms with E-state index in [1.807, 2.05) is 13.0 Å². The van der Waals surface area contributed by atoms with Crippen molar-refractivity contribution in [2.24, 2.45) is 0 Å². The summed E-state index contributed by atoms with van der Waals surface area (Å²) >= 11 is 6.56. The van der Waals surface area contributed by atoms with Crippen molar-refractivity contribution >= 4 is 17.5 Å². The van der Waals surface area contributed by atoms with Gasteiger partial charge in [0.1, 0.15) is 5.15 Å². The Kier molecular flexibility index (Phi) is 5.23. The van der Waals surface area contributed by atoms with E-state index in [-0.39, 0.29) is 11.9 Å². The number of halogens is 1. The number of amides is 1. The van der Waals surface area contributed by atoms with Crippen molar-refractivity contribution in [2.45, 2.75) is 45.7 Å². The lowest BCUT2D eigenvalue weighted by atomic mass is 9.87. The summed E-state index contributed by atoms with van der Waals surface area (Å²) in [5.41, 5.74) is 5.96. The third-order valence-electron chi connectivity index (χ3n) is 5.42. The zero-order valence-corrected chi connectivity index (χ0v) is 17.0. The fourth-order valence-electron chi connectivity index (χ4n) is 3.92. The largest absolute Gasteiger partial charge is 0.345 e. The first kappa shape index (κ1) is 18.8. The van der Waals surface area contributed by atoms with Gasteiger partial charge < -0.3 is 5.32 Å². The molecule has 1 heterocycles. The zero-order chi connectivity index (χ0) is 19.7. The van der Waals surface area contributed by atoms with Crippen molar-refractivity contribution < 1.29 is 4.79 Å². The molecule has 4 rings (SSSR count).